The molecule has 106 valence electrons. The van der Waals surface area contributed by atoms with Crippen LogP contribution in [0.4, 0.5) is 0 Å². The van der Waals surface area contributed by atoms with E-state index in [1.54, 1.807) is 18.2 Å². The van der Waals surface area contributed by atoms with E-state index in [2.05, 4.69) is 24.4 Å². The normalized spacial score (nSPS) is 10.6. The Hall–Kier alpha value is -1.22. The van der Waals surface area contributed by atoms with E-state index < -0.39 is 0 Å². The molecule has 0 unspecified atom stereocenters. The molecular weight excluding hydrogens is 293 g/mol. The maximum absolute atomic E-state index is 6.10. The molecule has 0 bridgehead atoms. The highest BCUT2D eigenvalue weighted by molar-refractivity contribution is 6.35. The highest BCUT2D eigenvalue weighted by Gasteiger charge is 2.05. The fourth-order valence-electron chi connectivity index (χ4n) is 1.88. The zero-order chi connectivity index (χ0) is 14.4. The second kappa shape index (κ2) is 7.53. The molecule has 2 rings (SSSR count). The summed E-state index contributed by atoms with van der Waals surface area (Å²) in [7, 11) is 0. The van der Waals surface area contributed by atoms with Crippen LogP contribution in [0, 0.1) is 0 Å². The Morgan fingerprint density at radius 1 is 1.05 bits per heavy atom. The number of hydrogen-bond donors (Lipinski definition) is 1. The average molecular weight is 310 g/mol. The van der Waals surface area contributed by atoms with Gasteiger partial charge in [0.05, 0.1) is 5.02 Å². The minimum atomic E-state index is 0.489. The van der Waals surface area contributed by atoms with E-state index in [1.807, 2.05) is 12.1 Å². The van der Waals surface area contributed by atoms with Crippen LogP contribution >= 0.6 is 23.2 Å². The molecule has 0 aliphatic rings. The summed E-state index contributed by atoms with van der Waals surface area (Å²) in [5.74, 6) is 0.648. The van der Waals surface area contributed by atoms with E-state index in [0.29, 0.717) is 22.4 Å². The third-order valence-electron chi connectivity index (χ3n) is 2.96. The standard InChI is InChI=1S/C16H17Cl2NO/c1-2-19-10-12-5-3-4-6-13(12)11-20-16-8-7-14(17)9-15(16)18/h3-9,19H,2,10-11H2,1H3. The number of nitrogens with one attached hydrogen (secondary N) is 1. The van der Waals surface area contributed by atoms with Crippen LogP contribution in [0.1, 0.15) is 18.1 Å². The van der Waals surface area contributed by atoms with Crippen LogP contribution in [0.5, 0.6) is 5.75 Å². The lowest BCUT2D eigenvalue weighted by Crippen LogP contribution is -2.14. The number of rotatable bonds is 6. The highest BCUT2D eigenvalue weighted by atomic mass is 35.5. The van der Waals surface area contributed by atoms with Gasteiger partial charge in [0.2, 0.25) is 0 Å². The molecule has 1 N–H and O–H groups in total. The van der Waals surface area contributed by atoms with Crippen molar-refractivity contribution in [3.63, 3.8) is 0 Å². The van der Waals surface area contributed by atoms with E-state index in [0.717, 1.165) is 18.7 Å². The molecule has 0 saturated heterocycles. The van der Waals surface area contributed by atoms with E-state index >= 15 is 0 Å². The fourth-order valence-corrected chi connectivity index (χ4v) is 2.34. The van der Waals surface area contributed by atoms with Gasteiger partial charge in [-0.2, -0.15) is 0 Å². The first-order chi connectivity index (χ1) is 9.70. The predicted molar refractivity (Wildman–Crippen MR) is 84.6 cm³/mol. The smallest absolute Gasteiger partial charge is 0.138 e. The van der Waals surface area contributed by atoms with Crippen LogP contribution in [-0.4, -0.2) is 6.54 Å². The number of hydrogen-bond acceptors (Lipinski definition) is 2. The third-order valence-corrected chi connectivity index (χ3v) is 3.49. The molecule has 0 aliphatic heterocycles. The number of benzene rings is 2. The van der Waals surface area contributed by atoms with Crippen molar-refractivity contribution in [2.45, 2.75) is 20.1 Å². The molecule has 0 amide bonds. The molecule has 0 spiro atoms. The largest absolute Gasteiger partial charge is 0.487 e. The Labute approximate surface area is 129 Å². The predicted octanol–water partition coefficient (Wildman–Crippen LogP) is 4.68. The van der Waals surface area contributed by atoms with Crippen LogP contribution < -0.4 is 10.1 Å². The summed E-state index contributed by atoms with van der Waals surface area (Å²) in [6, 6.07) is 13.5. The van der Waals surface area contributed by atoms with Gasteiger partial charge < -0.3 is 10.1 Å². The second-order valence-electron chi connectivity index (χ2n) is 4.41. The summed E-state index contributed by atoms with van der Waals surface area (Å²) in [5, 5.41) is 4.46. The van der Waals surface area contributed by atoms with E-state index in [-0.39, 0.29) is 0 Å². The Balaban J connectivity index is 2.06. The third kappa shape index (κ3) is 4.14. The summed E-state index contributed by atoms with van der Waals surface area (Å²) in [5.41, 5.74) is 2.39. The molecule has 0 atom stereocenters. The molecule has 2 nitrogen and oxygen atoms in total. The summed E-state index contributed by atoms with van der Waals surface area (Å²) in [4.78, 5) is 0. The maximum Gasteiger partial charge on any atom is 0.138 e. The van der Waals surface area contributed by atoms with E-state index in [9.17, 15) is 0 Å². The van der Waals surface area contributed by atoms with Gasteiger partial charge in [0, 0.05) is 11.6 Å². The Kier molecular flexibility index (Phi) is 5.72. The van der Waals surface area contributed by atoms with Gasteiger partial charge in [-0.25, -0.2) is 0 Å². The fraction of sp³-hybridized carbons (Fsp3) is 0.250. The van der Waals surface area contributed by atoms with Gasteiger partial charge in [-0.15, -0.1) is 0 Å². The summed E-state index contributed by atoms with van der Waals surface area (Å²) >= 11 is 12.0. The van der Waals surface area contributed by atoms with Crippen molar-refractivity contribution in [1.29, 1.82) is 0 Å². The van der Waals surface area contributed by atoms with E-state index in [1.165, 1.54) is 5.56 Å². The van der Waals surface area contributed by atoms with Crippen molar-refractivity contribution < 1.29 is 4.74 Å². The molecule has 0 saturated carbocycles. The lowest BCUT2D eigenvalue weighted by Gasteiger charge is -2.12. The zero-order valence-electron chi connectivity index (χ0n) is 11.3. The average Bonchev–Trinajstić information content (AvgIpc) is 2.45. The van der Waals surface area contributed by atoms with Crippen LogP contribution in [-0.2, 0) is 13.2 Å². The molecule has 0 heterocycles. The second-order valence-corrected chi connectivity index (χ2v) is 5.26. The van der Waals surface area contributed by atoms with Crippen molar-refractivity contribution in [3.05, 3.63) is 63.6 Å². The molecule has 0 aromatic heterocycles. The minimum Gasteiger partial charge on any atom is -0.487 e. The molecule has 0 fully saturated rings. The molecule has 0 radical (unpaired) electrons. The molecule has 0 aliphatic carbocycles. The zero-order valence-corrected chi connectivity index (χ0v) is 12.8. The van der Waals surface area contributed by atoms with Crippen LogP contribution in [0.25, 0.3) is 0 Å². The van der Waals surface area contributed by atoms with Crippen LogP contribution in [0.3, 0.4) is 0 Å². The maximum atomic E-state index is 6.10. The van der Waals surface area contributed by atoms with Crippen molar-refractivity contribution in [2.24, 2.45) is 0 Å². The van der Waals surface area contributed by atoms with Crippen molar-refractivity contribution in [1.82, 2.24) is 5.32 Å². The first-order valence-corrected chi connectivity index (χ1v) is 7.31. The van der Waals surface area contributed by atoms with E-state index in [4.69, 9.17) is 27.9 Å². The molecule has 4 heteroatoms. The molecule has 20 heavy (non-hydrogen) atoms. The van der Waals surface area contributed by atoms with Crippen molar-refractivity contribution in [2.75, 3.05) is 6.54 Å². The van der Waals surface area contributed by atoms with Gasteiger partial charge in [0.1, 0.15) is 12.4 Å². The lowest BCUT2D eigenvalue weighted by molar-refractivity contribution is 0.305. The molecule has 2 aromatic rings. The van der Waals surface area contributed by atoms with Gasteiger partial charge >= 0.3 is 0 Å². The van der Waals surface area contributed by atoms with Crippen LogP contribution in [0.15, 0.2) is 42.5 Å². The summed E-state index contributed by atoms with van der Waals surface area (Å²) in [6.45, 7) is 4.36. The van der Waals surface area contributed by atoms with Gasteiger partial charge in [0.25, 0.3) is 0 Å². The summed E-state index contributed by atoms with van der Waals surface area (Å²) in [6.07, 6.45) is 0. The van der Waals surface area contributed by atoms with Gasteiger partial charge in [-0.05, 0) is 35.9 Å². The van der Waals surface area contributed by atoms with Gasteiger partial charge in [0.15, 0.2) is 0 Å². The van der Waals surface area contributed by atoms with Gasteiger partial charge in [-0.1, -0.05) is 54.4 Å². The van der Waals surface area contributed by atoms with Crippen LogP contribution in [0.2, 0.25) is 10.0 Å². The first-order valence-electron chi connectivity index (χ1n) is 6.56. The first kappa shape index (κ1) is 15.2. The lowest BCUT2D eigenvalue weighted by atomic mass is 10.1. The highest BCUT2D eigenvalue weighted by Crippen LogP contribution is 2.28. The minimum absolute atomic E-state index is 0.489. The van der Waals surface area contributed by atoms with Crippen molar-refractivity contribution in [3.8, 4) is 5.75 Å². The summed E-state index contributed by atoms with van der Waals surface area (Å²) < 4.78 is 5.78. The SMILES string of the molecule is CCNCc1ccccc1COc1ccc(Cl)cc1Cl. The Morgan fingerprint density at radius 3 is 2.50 bits per heavy atom. The number of halogens is 2. The van der Waals surface area contributed by atoms with Gasteiger partial charge in [-0.3, -0.25) is 0 Å². The number of ether oxygens (including phenoxy) is 1. The van der Waals surface area contributed by atoms with Crippen molar-refractivity contribution >= 4 is 23.2 Å². The molecule has 2 aromatic carbocycles. The Morgan fingerprint density at radius 2 is 1.80 bits per heavy atom. The quantitative estimate of drug-likeness (QED) is 0.836. The monoisotopic (exact) mass is 309 g/mol. The molecular formula is C16H17Cl2NO. The Bertz CT molecular complexity index is 572. The topological polar surface area (TPSA) is 21.3 Å².